The van der Waals surface area contributed by atoms with Gasteiger partial charge in [-0.2, -0.15) is 0 Å². The van der Waals surface area contributed by atoms with Crippen LogP contribution in [-0.2, 0) is 4.79 Å². The van der Waals surface area contributed by atoms with E-state index in [1.807, 2.05) is 50.2 Å². The topological polar surface area (TPSA) is 49.7 Å². The molecule has 0 saturated heterocycles. The Morgan fingerprint density at radius 1 is 1.07 bits per heavy atom. The second-order valence-electron chi connectivity index (χ2n) is 7.69. The molecule has 4 heteroatoms. The Bertz CT molecular complexity index is 943. The average Bonchev–Trinajstić information content (AvgIpc) is 3.50. The Labute approximate surface area is 159 Å². The number of amides is 2. The first-order valence-corrected chi connectivity index (χ1v) is 9.55. The molecule has 1 saturated carbocycles. The van der Waals surface area contributed by atoms with Crippen LogP contribution in [0.1, 0.15) is 52.7 Å². The highest BCUT2D eigenvalue weighted by Crippen LogP contribution is 2.35. The van der Waals surface area contributed by atoms with Gasteiger partial charge in [-0.05, 0) is 74.4 Å². The van der Waals surface area contributed by atoms with Crippen LogP contribution in [0.15, 0.2) is 47.5 Å². The summed E-state index contributed by atoms with van der Waals surface area (Å²) in [6, 6.07) is 13.3. The molecule has 0 N–H and O–H groups in total. The summed E-state index contributed by atoms with van der Waals surface area (Å²) >= 11 is 0. The Kier molecular flexibility index (Phi) is 4.42. The number of nitrogens with zero attached hydrogens (tertiary/aromatic N) is 2. The second-order valence-corrected chi connectivity index (χ2v) is 7.69. The molecule has 2 atom stereocenters. The fraction of sp³-hybridized carbons (Fsp3) is 0.348. The number of fused-ring (bicyclic) bond motifs is 1. The van der Waals surface area contributed by atoms with Crippen molar-refractivity contribution in [3.8, 4) is 0 Å². The van der Waals surface area contributed by atoms with Gasteiger partial charge in [0, 0.05) is 17.8 Å². The van der Waals surface area contributed by atoms with E-state index in [0.29, 0.717) is 17.2 Å². The molecular formula is C23H24N2O2. The van der Waals surface area contributed by atoms with Crippen molar-refractivity contribution in [2.45, 2.75) is 45.6 Å². The quantitative estimate of drug-likeness (QED) is 0.598. The van der Waals surface area contributed by atoms with E-state index in [2.05, 4.69) is 11.9 Å². The van der Waals surface area contributed by atoms with Gasteiger partial charge in [0.25, 0.3) is 5.91 Å². The summed E-state index contributed by atoms with van der Waals surface area (Å²) in [6.07, 6.45) is 4.17. The third-order valence-corrected chi connectivity index (χ3v) is 5.74. The lowest BCUT2D eigenvalue weighted by Crippen LogP contribution is -2.45. The summed E-state index contributed by atoms with van der Waals surface area (Å²) in [5, 5.41) is 0. The zero-order valence-electron chi connectivity index (χ0n) is 16.0. The number of aryl methyl sites for hydroxylation is 2. The van der Waals surface area contributed by atoms with Crippen LogP contribution in [-0.4, -0.2) is 24.1 Å². The van der Waals surface area contributed by atoms with Crippen molar-refractivity contribution in [2.75, 3.05) is 4.90 Å². The molecule has 0 bridgehead atoms. The summed E-state index contributed by atoms with van der Waals surface area (Å²) < 4.78 is 0. The Morgan fingerprint density at radius 3 is 2.52 bits per heavy atom. The molecule has 0 radical (unpaired) electrons. The lowest BCUT2D eigenvalue weighted by Gasteiger charge is -2.31. The molecule has 1 fully saturated rings. The number of hydrogen-bond acceptors (Lipinski definition) is 3. The van der Waals surface area contributed by atoms with Gasteiger partial charge >= 0.3 is 0 Å². The molecule has 1 aliphatic heterocycles. The molecule has 1 aliphatic carbocycles. The zero-order chi connectivity index (χ0) is 19.1. The van der Waals surface area contributed by atoms with Crippen molar-refractivity contribution in [1.29, 1.82) is 0 Å². The highest BCUT2D eigenvalue weighted by atomic mass is 16.2. The van der Waals surface area contributed by atoms with Gasteiger partial charge in [-0.1, -0.05) is 24.3 Å². The fourth-order valence-electron chi connectivity index (χ4n) is 3.63. The highest BCUT2D eigenvalue weighted by Gasteiger charge is 2.39. The van der Waals surface area contributed by atoms with Crippen molar-refractivity contribution >= 4 is 23.7 Å². The number of benzene rings is 2. The number of anilines is 1. The number of aliphatic imine (C=N–C) groups is 1. The lowest BCUT2D eigenvalue weighted by atomic mass is 9.88. The maximum absolute atomic E-state index is 13.3. The Balaban J connectivity index is 1.76. The lowest BCUT2D eigenvalue weighted by molar-refractivity contribution is -0.118. The molecule has 0 spiro atoms. The Hall–Kier alpha value is -2.75. The van der Waals surface area contributed by atoms with E-state index in [4.69, 9.17) is 0 Å². The third kappa shape index (κ3) is 3.20. The predicted octanol–water partition coefficient (Wildman–Crippen LogP) is 4.44. The molecule has 27 heavy (non-hydrogen) atoms. The van der Waals surface area contributed by atoms with E-state index in [-0.39, 0.29) is 17.9 Å². The largest absolute Gasteiger partial charge is 0.293 e. The van der Waals surface area contributed by atoms with E-state index < -0.39 is 5.92 Å². The smallest absolute Gasteiger partial charge is 0.265 e. The van der Waals surface area contributed by atoms with Crippen LogP contribution in [0.4, 0.5) is 5.69 Å². The minimum absolute atomic E-state index is 0.220. The summed E-state index contributed by atoms with van der Waals surface area (Å²) in [4.78, 5) is 32.4. The van der Waals surface area contributed by atoms with Crippen molar-refractivity contribution < 1.29 is 9.59 Å². The highest BCUT2D eigenvalue weighted by molar-refractivity contribution is 6.29. The van der Waals surface area contributed by atoms with E-state index in [1.165, 1.54) is 17.7 Å². The summed E-state index contributed by atoms with van der Waals surface area (Å²) in [5.41, 5.74) is 4.13. The summed E-state index contributed by atoms with van der Waals surface area (Å²) in [6.45, 7) is 6.10. The first kappa shape index (κ1) is 17.7. The molecule has 2 aliphatic rings. The molecule has 2 amide bonds. The van der Waals surface area contributed by atoms with Crippen LogP contribution in [0, 0.1) is 19.8 Å². The van der Waals surface area contributed by atoms with E-state index in [1.54, 1.807) is 12.3 Å². The summed E-state index contributed by atoms with van der Waals surface area (Å²) in [5.74, 6) is -0.387. The average molecular weight is 360 g/mol. The summed E-state index contributed by atoms with van der Waals surface area (Å²) in [7, 11) is 0. The van der Waals surface area contributed by atoms with E-state index >= 15 is 0 Å². The van der Waals surface area contributed by atoms with Gasteiger partial charge in [0.15, 0.2) is 0 Å². The van der Waals surface area contributed by atoms with Crippen molar-refractivity contribution in [3.63, 3.8) is 0 Å². The maximum Gasteiger partial charge on any atom is 0.265 e. The van der Waals surface area contributed by atoms with Crippen molar-refractivity contribution in [2.24, 2.45) is 10.9 Å². The minimum Gasteiger partial charge on any atom is -0.293 e. The zero-order valence-corrected chi connectivity index (χ0v) is 16.0. The monoisotopic (exact) mass is 360 g/mol. The van der Waals surface area contributed by atoms with Crippen LogP contribution >= 0.6 is 0 Å². The van der Waals surface area contributed by atoms with Gasteiger partial charge < -0.3 is 0 Å². The molecule has 4 rings (SSSR count). The van der Waals surface area contributed by atoms with Gasteiger partial charge in [-0.15, -0.1) is 0 Å². The molecule has 138 valence electrons. The number of hydrogen-bond donors (Lipinski definition) is 0. The van der Waals surface area contributed by atoms with Gasteiger partial charge in [-0.3, -0.25) is 14.6 Å². The van der Waals surface area contributed by atoms with Crippen molar-refractivity contribution in [3.05, 3.63) is 64.7 Å². The minimum atomic E-state index is -0.526. The van der Waals surface area contributed by atoms with E-state index in [9.17, 15) is 9.59 Å². The normalized spacial score (nSPS) is 20.9. The van der Waals surface area contributed by atoms with Crippen LogP contribution < -0.4 is 4.90 Å². The molecule has 4 nitrogen and oxygen atoms in total. The van der Waals surface area contributed by atoms with Crippen LogP contribution in [0.3, 0.4) is 0 Å². The van der Waals surface area contributed by atoms with Crippen LogP contribution in [0.2, 0.25) is 0 Å². The SMILES string of the molecule is Cc1ccc(N2C(=O)c3ccccc3[C@H](C=N[C@@H](C)C3CC3)C2=O)cc1C. The second kappa shape index (κ2) is 6.76. The molecule has 2 aromatic carbocycles. The number of carbonyl (C=O) groups excluding carboxylic acids is 2. The molecule has 1 heterocycles. The molecule has 2 aromatic rings. The van der Waals surface area contributed by atoms with Gasteiger partial charge in [0.1, 0.15) is 0 Å². The van der Waals surface area contributed by atoms with Crippen LogP contribution in [0.25, 0.3) is 0 Å². The predicted molar refractivity (Wildman–Crippen MR) is 108 cm³/mol. The fourth-order valence-corrected chi connectivity index (χ4v) is 3.63. The van der Waals surface area contributed by atoms with Gasteiger partial charge in [0.2, 0.25) is 5.91 Å². The molecule has 0 unspecified atom stereocenters. The number of carbonyl (C=O) groups is 2. The first-order chi connectivity index (χ1) is 13.0. The third-order valence-electron chi connectivity index (χ3n) is 5.74. The Morgan fingerprint density at radius 2 is 1.81 bits per heavy atom. The first-order valence-electron chi connectivity index (χ1n) is 9.55. The van der Waals surface area contributed by atoms with Gasteiger partial charge in [-0.25, -0.2) is 4.90 Å². The standard InChI is InChI=1S/C23H24N2O2/c1-14-8-11-18(12-15(14)2)25-22(26)20-7-5-4-6-19(20)21(23(25)27)13-24-16(3)17-9-10-17/h4-8,11-13,16-17,21H,9-10H2,1-3H3/t16-,21-/m0/s1. The number of rotatable bonds is 4. The van der Waals surface area contributed by atoms with Crippen molar-refractivity contribution in [1.82, 2.24) is 0 Å². The van der Waals surface area contributed by atoms with Crippen LogP contribution in [0.5, 0.6) is 0 Å². The maximum atomic E-state index is 13.3. The molecular weight excluding hydrogens is 336 g/mol. The van der Waals surface area contributed by atoms with E-state index in [0.717, 1.165) is 16.7 Å². The number of imide groups is 1. The molecule has 0 aromatic heterocycles. The van der Waals surface area contributed by atoms with Gasteiger partial charge in [0.05, 0.1) is 11.6 Å².